The molecule has 0 amide bonds. The van der Waals surface area contributed by atoms with E-state index in [0.29, 0.717) is 16.3 Å². The zero-order valence-corrected chi connectivity index (χ0v) is 10.4. The molecule has 1 N–H and O–H groups in total. The van der Waals surface area contributed by atoms with Crippen LogP contribution in [-0.2, 0) is 11.2 Å². The van der Waals surface area contributed by atoms with Crippen molar-refractivity contribution in [3.63, 3.8) is 0 Å². The number of Topliss-reactive ketones (excluding diaryl/α,β-unsaturated/α-hetero) is 1. The highest BCUT2D eigenvalue weighted by Crippen LogP contribution is 2.26. The summed E-state index contributed by atoms with van der Waals surface area (Å²) in [6.07, 6.45) is 0.118. The second kappa shape index (κ2) is 5.09. The molecule has 0 fully saturated rings. The molecule has 0 unspecified atom stereocenters. The molecule has 0 bridgehead atoms. The second-order valence-electron chi connectivity index (χ2n) is 3.63. The normalized spacial score (nSPS) is 10.5. The Morgan fingerprint density at radius 1 is 1.50 bits per heavy atom. The molecule has 0 aliphatic heterocycles. The largest absolute Gasteiger partial charge is 0.481 e. The zero-order chi connectivity index (χ0) is 13.1. The predicted molar refractivity (Wildman–Crippen MR) is 63.6 cm³/mol. The lowest BCUT2D eigenvalue weighted by Gasteiger charge is -1.92. The van der Waals surface area contributed by atoms with Gasteiger partial charge in [0.05, 0.1) is 11.3 Å². The van der Waals surface area contributed by atoms with Crippen LogP contribution in [0.5, 0.6) is 0 Å². The minimum Gasteiger partial charge on any atom is -0.481 e. The van der Waals surface area contributed by atoms with Crippen molar-refractivity contribution in [3.8, 4) is 11.4 Å². The number of nitrogens with zero attached hydrogens (tertiary/aromatic N) is 2. The summed E-state index contributed by atoms with van der Waals surface area (Å²) in [6.45, 7) is 1.47. The van der Waals surface area contributed by atoms with Crippen molar-refractivity contribution in [1.82, 2.24) is 10.1 Å². The molecule has 0 spiro atoms. The Labute approximate surface area is 106 Å². The van der Waals surface area contributed by atoms with E-state index in [1.54, 1.807) is 11.4 Å². The Balaban J connectivity index is 2.21. The van der Waals surface area contributed by atoms with Crippen LogP contribution >= 0.6 is 11.3 Å². The van der Waals surface area contributed by atoms with Gasteiger partial charge in [-0.1, -0.05) is 5.16 Å². The number of carboxylic acid groups (broad SMARTS) is 1. The summed E-state index contributed by atoms with van der Waals surface area (Å²) in [5.74, 6) is -0.401. The van der Waals surface area contributed by atoms with Crippen molar-refractivity contribution in [2.24, 2.45) is 0 Å². The number of rotatable bonds is 5. The van der Waals surface area contributed by atoms with Crippen molar-refractivity contribution < 1.29 is 19.2 Å². The van der Waals surface area contributed by atoms with Gasteiger partial charge in [-0.3, -0.25) is 9.59 Å². The molecule has 18 heavy (non-hydrogen) atoms. The van der Waals surface area contributed by atoms with Crippen LogP contribution in [0.25, 0.3) is 11.4 Å². The van der Waals surface area contributed by atoms with Gasteiger partial charge < -0.3 is 9.63 Å². The van der Waals surface area contributed by atoms with Crippen LogP contribution in [-0.4, -0.2) is 27.0 Å². The smallest absolute Gasteiger partial charge is 0.303 e. The number of carboxylic acids is 1. The number of carbonyl (C=O) groups is 2. The molecule has 0 aliphatic rings. The molecule has 0 aliphatic carbocycles. The Morgan fingerprint density at radius 2 is 2.28 bits per heavy atom. The molecule has 2 heterocycles. The van der Waals surface area contributed by atoms with E-state index in [4.69, 9.17) is 9.63 Å². The number of carbonyl (C=O) groups excluding carboxylic acids is 1. The summed E-state index contributed by atoms with van der Waals surface area (Å²) in [6, 6.07) is 1.74. The van der Waals surface area contributed by atoms with E-state index in [1.807, 2.05) is 0 Å². The van der Waals surface area contributed by atoms with Crippen molar-refractivity contribution >= 4 is 23.1 Å². The van der Waals surface area contributed by atoms with Crippen LogP contribution in [0.15, 0.2) is 16.0 Å². The van der Waals surface area contributed by atoms with E-state index in [-0.39, 0.29) is 24.5 Å². The molecule has 0 saturated carbocycles. The highest BCUT2D eigenvalue weighted by atomic mass is 32.1. The van der Waals surface area contributed by atoms with Gasteiger partial charge >= 0.3 is 5.97 Å². The summed E-state index contributed by atoms with van der Waals surface area (Å²) in [5, 5.41) is 14.1. The van der Waals surface area contributed by atoms with Crippen LogP contribution in [0.1, 0.15) is 28.9 Å². The Bertz CT molecular complexity index is 587. The maximum Gasteiger partial charge on any atom is 0.303 e. The molecule has 0 saturated heterocycles. The quantitative estimate of drug-likeness (QED) is 0.832. The molecule has 2 aromatic rings. The molecule has 7 heteroatoms. The van der Waals surface area contributed by atoms with Crippen LogP contribution in [0.2, 0.25) is 0 Å². The summed E-state index contributed by atoms with van der Waals surface area (Å²) in [7, 11) is 0. The first-order chi connectivity index (χ1) is 8.58. The number of hydrogen-bond acceptors (Lipinski definition) is 6. The van der Waals surface area contributed by atoms with Gasteiger partial charge in [-0.05, 0) is 18.4 Å². The van der Waals surface area contributed by atoms with E-state index in [2.05, 4.69) is 10.1 Å². The minimum absolute atomic E-state index is 0.0584. The molecular formula is C11H10N2O4S. The maximum atomic E-state index is 11.4. The van der Waals surface area contributed by atoms with Gasteiger partial charge in [0, 0.05) is 12.0 Å². The summed E-state index contributed by atoms with van der Waals surface area (Å²) in [4.78, 5) is 26.4. The SMILES string of the molecule is CC(=O)c1sccc1-c1noc(CCC(=O)O)n1. The van der Waals surface area contributed by atoms with Crippen LogP contribution in [0.3, 0.4) is 0 Å². The van der Waals surface area contributed by atoms with Crippen LogP contribution < -0.4 is 0 Å². The molecule has 0 radical (unpaired) electrons. The van der Waals surface area contributed by atoms with Gasteiger partial charge in [-0.15, -0.1) is 11.3 Å². The van der Waals surface area contributed by atoms with Crippen molar-refractivity contribution in [2.75, 3.05) is 0 Å². The van der Waals surface area contributed by atoms with E-state index >= 15 is 0 Å². The summed E-state index contributed by atoms with van der Waals surface area (Å²) < 4.78 is 4.94. The third-order valence-electron chi connectivity index (χ3n) is 2.25. The average molecular weight is 266 g/mol. The van der Waals surface area contributed by atoms with Gasteiger partial charge in [0.25, 0.3) is 0 Å². The van der Waals surface area contributed by atoms with Crippen LogP contribution in [0.4, 0.5) is 0 Å². The minimum atomic E-state index is -0.922. The standard InChI is InChI=1S/C11H10N2O4S/c1-6(14)10-7(4-5-18-10)11-12-8(17-13-11)2-3-9(15)16/h4-5H,2-3H2,1H3,(H,15,16). The molecular weight excluding hydrogens is 256 g/mol. The first-order valence-corrected chi connectivity index (χ1v) is 6.09. The van der Waals surface area contributed by atoms with E-state index in [9.17, 15) is 9.59 Å². The number of aromatic nitrogens is 2. The fourth-order valence-electron chi connectivity index (χ4n) is 1.44. The molecule has 6 nitrogen and oxygen atoms in total. The number of hydrogen-bond donors (Lipinski definition) is 1. The molecule has 2 aromatic heterocycles. The number of ketones is 1. The van der Waals surface area contributed by atoms with Crippen molar-refractivity contribution in [1.29, 1.82) is 0 Å². The second-order valence-corrected chi connectivity index (χ2v) is 4.54. The third kappa shape index (κ3) is 2.62. The first kappa shape index (κ1) is 12.4. The van der Waals surface area contributed by atoms with E-state index in [1.165, 1.54) is 18.3 Å². The van der Waals surface area contributed by atoms with Gasteiger partial charge in [0.15, 0.2) is 5.78 Å². The predicted octanol–water partition coefficient (Wildman–Crippen LogP) is 2.02. The fourth-order valence-corrected chi connectivity index (χ4v) is 2.23. The molecule has 0 aromatic carbocycles. The van der Waals surface area contributed by atoms with E-state index < -0.39 is 5.97 Å². The molecule has 94 valence electrons. The number of thiophene rings is 1. The van der Waals surface area contributed by atoms with Crippen molar-refractivity contribution in [3.05, 3.63) is 22.2 Å². The van der Waals surface area contributed by atoms with Gasteiger partial charge in [0.2, 0.25) is 11.7 Å². The lowest BCUT2D eigenvalue weighted by atomic mass is 10.2. The van der Waals surface area contributed by atoms with E-state index in [0.717, 1.165) is 0 Å². The van der Waals surface area contributed by atoms with Gasteiger partial charge in [-0.25, -0.2) is 0 Å². The zero-order valence-electron chi connectivity index (χ0n) is 9.54. The molecule has 2 rings (SSSR count). The molecule has 0 atom stereocenters. The first-order valence-electron chi connectivity index (χ1n) is 5.21. The Kier molecular flexibility index (Phi) is 3.52. The van der Waals surface area contributed by atoms with Crippen molar-refractivity contribution in [2.45, 2.75) is 19.8 Å². The highest BCUT2D eigenvalue weighted by Gasteiger charge is 2.16. The highest BCUT2D eigenvalue weighted by molar-refractivity contribution is 7.12. The number of aryl methyl sites for hydroxylation is 1. The van der Waals surface area contributed by atoms with Crippen LogP contribution in [0, 0.1) is 0 Å². The Morgan fingerprint density at radius 3 is 2.94 bits per heavy atom. The summed E-state index contributed by atoms with van der Waals surface area (Å²) in [5.41, 5.74) is 0.623. The lowest BCUT2D eigenvalue weighted by Crippen LogP contribution is -1.97. The number of aliphatic carboxylic acids is 1. The topological polar surface area (TPSA) is 93.3 Å². The fraction of sp³-hybridized carbons (Fsp3) is 0.273. The van der Waals surface area contributed by atoms with Gasteiger partial charge in [0.1, 0.15) is 0 Å². The summed E-state index contributed by atoms with van der Waals surface area (Å²) >= 11 is 1.31. The Hall–Kier alpha value is -2.02. The average Bonchev–Trinajstić information content (AvgIpc) is 2.94. The maximum absolute atomic E-state index is 11.4. The lowest BCUT2D eigenvalue weighted by molar-refractivity contribution is -0.137. The van der Waals surface area contributed by atoms with Gasteiger partial charge in [-0.2, -0.15) is 4.98 Å². The monoisotopic (exact) mass is 266 g/mol. The third-order valence-corrected chi connectivity index (χ3v) is 3.26.